The third kappa shape index (κ3) is 5.83. The molecule has 4 heteroatoms. The standard InChI is InChI=1S/C38H56O2Si2/c1-36(2,3)41(8,9)39-34-26-28-19-20-31-30(32(28)25-29(34)18-17-27-15-13-12-14-16-27)23-24-38(7)33(31)21-22-35(38)40-42(10,11)37(4,5)6/h12-16,25-26,30-31,33,35H,19-24H2,1-11H3/t30-,31+,33-,35-,38-/m0/s1. The van der Waals surface area contributed by atoms with E-state index in [-0.39, 0.29) is 10.1 Å². The molecule has 3 aliphatic rings. The molecule has 0 aliphatic heterocycles. The Morgan fingerprint density at radius 1 is 0.810 bits per heavy atom. The van der Waals surface area contributed by atoms with Gasteiger partial charge in [0.1, 0.15) is 5.75 Å². The lowest BCUT2D eigenvalue weighted by Gasteiger charge is -2.52. The first-order chi connectivity index (χ1) is 19.4. The molecule has 0 amide bonds. The monoisotopic (exact) mass is 600 g/mol. The number of fused-ring (bicyclic) bond motifs is 5. The average Bonchev–Trinajstić information content (AvgIpc) is 3.22. The van der Waals surface area contributed by atoms with Gasteiger partial charge in [-0.3, -0.25) is 0 Å². The normalized spacial score (nSPS) is 27.8. The fourth-order valence-corrected chi connectivity index (χ4v) is 10.0. The zero-order valence-electron chi connectivity index (χ0n) is 28.4. The molecule has 3 aliphatic carbocycles. The predicted octanol–water partition coefficient (Wildman–Crippen LogP) is 10.7. The molecule has 0 radical (unpaired) electrons. The van der Waals surface area contributed by atoms with Gasteiger partial charge < -0.3 is 8.85 Å². The molecule has 2 aromatic carbocycles. The SMILES string of the molecule is CC(C)(C)[Si](C)(C)Oc1cc2c(cc1C#Cc1ccccc1)[C@H]1CC[C@]3(C)[C@@H](O[Si](C)(C)C(C)(C)C)CC[C@H]3[C@@H]1CC2. The summed E-state index contributed by atoms with van der Waals surface area (Å²) in [6.45, 7) is 26.3. The van der Waals surface area contributed by atoms with Gasteiger partial charge in [0.05, 0.1) is 11.7 Å². The Labute approximate surface area is 259 Å². The average molecular weight is 601 g/mol. The molecule has 0 N–H and O–H groups in total. The van der Waals surface area contributed by atoms with Crippen molar-refractivity contribution in [3.63, 3.8) is 0 Å². The molecule has 2 saturated carbocycles. The summed E-state index contributed by atoms with van der Waals surface area (Å²) in [5, 5.41) is 0.390. The molecule has 2 aromatic rings. The second-order valence-electron chi connectivity index (χ2n) is 16.9. The topological polar surface area (TPSA) is 18.5 Å². The van der Waals surface area contributed by atoms with Crippen molar-refractivity contribution in [2.45, 2.75) is 135 Å². The van der Waals surface area contributed by atoms with Gasteiger partial charge in [-0.1, -0.05) is 78.5 Å². The van der Waals surface area contributed by atoms with E-state index in [4.69, 9.17) is 8.85 Å². The molecule has 0 aromatic heterocycles. The van der Waals surface area contributed by atoms with Crippen molar-refractivity contribution in [1.29, 1.82) is 0 Å². The van der Waals surface area contributed by atoms with Crippen LogP contribution in [0.2, 0.25) is 36.3 Å². The van der Waals surface area contributed by atoms with E-state index in [1.165, 1.54) is 37.7 Å². The van der Waals surface area contributed by atoms with Crippen LogP contribution >= 0.6 is 0 Å². The highest BCUT2D eigenvalue weighted by molar-refractivity contribution is 6.75. The minimum atomic E-state index is -2.01. The van der Waals surface area contributed by atoms with Crippen LogP contribution in [0.15, 0.2) is 42.5 Å². The second-order valence-corrected chi connectivity index (χ2v) is 26.4. The minimum Gasteiger partial charge on any atom is -0.543 e. The fraction of sp³-hybridized carbons (Fsp3) is 0.632. The number of aryl methyl sites for hydroxylation is 1. The first-order valence-electron chi connectivity index (χ1n) is 16.5. The van der Waals surface area contributed by atoms with Crippen LogP contribution in [0, 0.1) is 29.1 Å². The summed E-state index contributed by atoms with van der Waals surface area (Å²) in [5.41, 5.74) is 5.49. The Kier molecular flexibility index (Phi) is 8.26. The molecule has 2 fully saturated rings. The maximum Gasteiger partial charge on any atom is 0.250 e. The Balaban J connectivity index is 1.48. The van der Waals surface area contributed by atoms with Crippen molar-refractivity contribution in [2.24, 2.45) is 17.3 Å². The largest absolute Gasteiger partial charge is 0.543 e. The summed E-state index contributed by atoms with van der Waals surface area (Å²) in [7, 11) is -3.82. The van der Waals surface area contributed by atoms with E-state index in [9.17, 15) is 0 Å². The van der Waals surface area contributed by atoms with Crippen LogP contribution in [0.1, 0.15) is 109 Å². The molecule has 228 valence electrons. The summed E-state index contributed by atoms with van der Waals surface area (Å²) >= 11 is 0. The highest BCUT2D eigenvalue weighted by Crippen LogP contribution is 2.62. The molecule has 0 bridgehead atoms. The zero-order chi connectivity index (χ0) is 30.7. The molecular weight excluding hydrogens is 545 g/mol. The van der Waals surface area contributed by atoms with Gasteiger partial charge in [-0.05, 0) is 133 Å². The number of rotatable bonds is 4. The van der Waals surface area contributed by atoms with Crippen LogP contribution in [-0.2, 0) is 10.8 Å². The van der Waals surface area contributed by atoms with Gasteiger partial charge in [0, 0.05) is 5.56 Å². The lowest BCUT2D eigenvalue weighted by atomic mass is 9.55. The molecule has 0 spiro atoms. The van der Waals surface area contributed by atoms with Gasteiger partial charge in [-0.15, -0.1) is 0 Å². The highest BCUT2D eigenvalue weighted by atomic mass is 28.4. The van der Waals surface area contributed by atoms with Gasteiger partial charge in [0.2, 0.25) is 0 Å². The van der Waals surface area contributed by atoms with Crippen molar-refractivity contribution in [3.8, 4) is 17.6 Å². The summed E-state index contributed by atoms with van der Waals surface area (Å²) in [6.07, 6.45) is 7.94. The van der Waals surface area contributed by atoms with Crippen molar-refractivity contribution in [2.75, 3.05) is 0 Å². The fourth-order valence-electron chi connectivity index (χ4n) is 7.55. The third-order valence-corrected chi connectivity index (χ3v) is 21.1. The third-order valence-electron chi connectivity index (χ3n) is 12.3. The van der Waals surface area contributed by atoms with Crippen LogP contribution in [0.25, 0.3) is 0 Å². The Hall–Kier alpha value is -1.81. The summed E-state index contributed by atoms with van der Waals surface area (Å²) in [6, 6.07) is 15.2. The first kappa shape index (κ1) is 31.6. The van der Waals surface area contributed by atoms with E-state index < -0.39 is 16.6 Å². The van der Waals surface area contributed by atoms with Gasteiger partial charge in [-0.25, -0.2) is 0 Å². The molecule has 0 saturated heterocycles. The lowest BCUT2D eigenvalue weighted by molar-refractivity contribution is -0.0165. The van der Waals surface area contributed by atoms with E-state index in [0.29, 0.717) is 17.4 Å². The molecular formula is C38H56O2Si2. The number of hydrogen-bond acceptors (Lipinski definition) is 2. The van der Waals surface area contributed by atoms with Crippen molar-refractivity contribution >= 4 is 16.6 Å². The highest BCUT2D eigenvalue weighted by Gasteiger charge is 2.57. The van der Waals surface area contributed by atoms with E-state index in [0.717, 1.165) is 35.1 Å². The summed E-state index contributed by atoms with van der Waals surface area (Å²) in [4.78, 5) is 0. The van der Waals surface area contributed by atoms with Crippen molar-refractivity contribution in [1.82, 2.24) is 0 Å². The quantitative estimate of drug-likeness (QED) is 0.257. The Morgan fingerprint density at radius 3 is 2.12 bits per heavy atom. The summed E-state index contributed by atoms with van der Waals surface area (Å²) < 4.78 is 14.2. The van der Waals surface area contributed by atoms with Crippen LogP contribution < -0.4 is 4.43 Å². The minimum absolute atomic E-state index is 0.136. The van der Waals surface area contributed by atoms with Crippen LogP contribution in [0.3, 0.4) is 0 Å². The van der Waals surface area contributed by atoms with E-state index in [2.05, 4.69) is 129 Å². The van der Waals surface area contributed by atoms with E-state index in [1.807, 2.05) is 0 Å². The van der Waals surface area contributed by atoms with Crippen molar-refractivity contribution in [3.05, 3.63) is 64.7 Å². The maximum atomic E-state index is 7.18. The van der Waals surface area contributed by atoms with E-state index >= 15 is 0 Å². The first-order valence-corrected chi connectivity index (χ1v) is 22.4. The molecule has 0 heterocycles. The number of hydrogen-bond donors (Lipinski definition) is 0. The Bertz CT molecular complexity index is 1350. The van der Waals surface area contributed by atoms with Gasteiger partial charge >= 0.3 is 0 Å². The zero-order valence-corrected chi connectivity index (χ0v) is 30.4. The smallest absolute Gasteiger partial charge is 0.250 e. The van der Waals surface area contributed by atoms with Gasteiger partial charge in [0.15, 0.2) is 8.32 Å². The van der Waals surface area contributed by atoms with Crippen molar-refractivity contribution < 1.29 is 8.85 Å². The van der Waals surface area contributed by atoms with Crippen LogP contribution in [0.4, 0.5) is 0 Å². The van der Waals surface area contributed by atoms with Gasteiger partial charge in [-0.2, -0.15) is 0 Å². The maximum absolute atomic E-state index is 7.18. The summed E-state index contributed by atoms with van der Waals surface area (Å²) in [5.74, 6) is 10.2. The van der Waals surface area contributed by atoms with Crippen LogP contribution in [0.5, 0.6) is 5.75 Å². The molecule has 5 rings (SSSR count). The van der Waals surface area contributed by atoms with Gasteiger partial charge in [0.25, 0.3) is 8.32 Å². The molecule has 42 heavy (non-hydrogen) atoms. The second kappa shape index (κ2) is 11.0. The Morgan fingerprint density at radius 2 is 1.48 bits per heavy atom. The molecule has 5 atom stereocenters. The lowest BCUT2D eigenvalue weighted by Crippen LogP contribution is -2.50. The van der Waals surface area contributed by atoms with E-state index in [1.54, 1.807) is 5.56 Å². The molecule has 0 unspecified atom stereocenters. The van der Waals surface area contributed by atoms with Crippen LogP contribution in [-0.4, -0.2) is 22.7 Å². The molecule has 2 nitrogen and oxygen atoms in total. The predicted molar refractivity (Wildman–Crippen MR) is 183 cm³/mol. The number of benzene rings is 2.